The summed E-state index contributed by atoms with van der Waals surface area (Å²) in [7, 11) is 0. The Kier molecular flexibility index (Phi) is 3.55. The summed E-state index contributed by atoms with van der Waals surface area (Å²) in [5.41, 5.74) is 0. The first-order valence-electron chi connectivity index (χ1n) is 1.65. The van der Waals surface area contributed by atoms with E-state index < -0.39 is 0 Å². The van der Waals surface area contributed by atoms with Crippen molar-refractivity contribution in [3.63, 3.8) is 0 Å². The molecule has 0 aromatic rings. The first kappa shape index (κ1) is 6.23. The monoisotopic (exact) mass is 107 g/mol. The van der Waals surface area contributed by atoms with Crippen molar-refractivity contribution < 1.29 is 0 Å². The molecule has 0 aliphatic carbocycles. The largest absolute Gasteiger partial charge is 0.255 e. The lowest BCUT2D eigenvalue weighted by atomic mass is 10.8. The van der Waals surface area contributed by atoms with E-state index in [1.807, 2.05) is 0 Å². The average molecular weight is 107 g/mol. The molecule has 0 amide bonds. The van der Waals surface area contributed by atoms with Gasteiger partial charge in [-0.05, 0) is 0 Å². The number of nitrogens with zero attached hydrogens (tertiary/aromatic N) is 1. The zero-order chi connectivity index (χ0) is 4.99. The molecule has 0 bridgehead atoms. The van der Waals surface area contributed by atoms with Crippen molar-refractivity contribution in [2.24, 2.45) is 11.7 Å². The second-order valence-electron chi connectivity index (χ2n) is 0.961. The third-order valence-electron chi connectivity index (χ3n) is 0.358. The Labute approximate surface area is 42.6 Å². The van der Waals surface area contributed by atoms with Gasteiger partial charge in [0.25, 0.3) is 0 Å². The molecule has 0 atom stereocenters. The van der Waals surface area contributed by atoms with Gasteiger partial charge >= 0.3 is 0 Å². The Morgan fingerprint density at radius 3 is 2.00 bits per heavy atom. The molecule has 0 aliphatic heterocycles. The van der Waals surface area contributed by atoms with Crippen LogP contribution in [0.15, 0.2) is 0 Å². The van der Waals surface area contributed by atoms with Gasteiger partial charge in [-0.15, -0.1) is 0 Å². The van der Waals surface area contributed by atoms with Gasteiger partial charge in [-0.3, -0.25) is 11.7 Å². The molecule has 0 heterocycles. The molecule has 3 nitrogen and oxygen atoms in total. The van der Waals surface area contributed by atoms with E-state index >= 15 is 0 Å². The number of hydrazine groups is 2. The topological polar surface area (TPSA) is 55.3 Å². The third kappa shape index (κ3) is 4.23. The molecule has 0 aromatic heterocycles. The lowest BCUT2D eigenvalue weighted by molar-refractivity contribution is 0.315. The van der Waals surface area contributed by atoms with Crippen LogP contribution in [0.5, 0.6) is 0 Å². The zero-order valence-electron chi connectivity index (χ0n) is 3.46. The van der Waals surface area contributed by atoms with Crippen molar-refractivity contribution in [1.82, 2.24) is 5.12 Å². The van der Waals surface area contributed by atoms with E-state index in [4.69, 9.17) is 11.7 Å². The Morgan fingerprint density at radius 2 is 2.00 bits per heavy atom. The van der Waals surface area contributed by atoms with E-state index in [9.17, 15) is 0 Å². The number of thiol groups is 1. The Balaban J connectivity index is 2.63. The van der Waals surface area contributed by atoms with Gasteiger partial charge < -0.3 is 0 Å². The molecule has 4 heteroatoms. The summed E-state index contributed by atoms with van der Waals surface area (Å²) in [5.74, 6) is 10.6. The first-order chi connectivity index (χ1) is 2.77. The summed E-state index contributed by atoms with van der Waals surface area (Å²) in [6.45, 7) is 0.628. The van der Waals surface area contributed by atoms with Gasteiger partial charge in [0.1, 0.15) is 0 Å². The lowest BCUT2D eigenvalue weighted by Crippen LogP contribution is -2.39. The average Bonchev–Trinajstić information content (AvgIpc) is 1.35. The summed E-state index contributed by atoms with van der Waals surface area (Å²) in [6, 6.07) is 0. The smallest absolute Gasteiger partial charge is 0.0371 e. The van der Waals surface area contributed by atoms with Crippen molar-refractivity contribution in [1.29, 1.82) is 0 Å². The molecule has 0 aliphatic rings. The van der Waals surface area contributed by atoms with Crippen LogP contribution < -0.4 is 11.7 Å². The standard InChI is InChI=1S/C2H9N3S/c3-5(4)1-2-6/h6H,1-4H2. The van der Waals surface area contributed by atoms with Crippen molar-refractivity contribution in [3.05, 3.63) is 0 Å². The summed E-state index contributed by atoms with van der Waals surface area (Å²) in [6.07, 6.45) is 0. The molecule has 4 N–H and O–H groups in total. The summed E-state index contributed by atoms with van der Waals surface area (Å²) < 4.78 is 0. The van der Waals surface area contributed by atoms with Crippen LogP contribution in [0.1, 0.15) is 0 Å². The minimum Gasteiger partial charge on any atom is -0.255 e. The van der Waals surface area contributed by atoms with Gasteiger partial charge in [0.15, 0.2) is 0 Å². The van der Waals surface area contributed by atoms with Crippen LogP contribution in [-0.4, -0.2) is 17.4 Å². The van der Waals surface area contributed by atoms with Gasteiger partial charge in [0.05, 0.1) is 0 Å². The van der Waals surface area contributed by atoms with Crippen LogP contribution in [0.25, 0.3) is 0 Å². The molecular formula is C2H9N3S. The minimum atomic E-state index is 0.628. The maximum absolute atomic E-state index is 4.97. The molecule has 0 aromatic carbocycles. The van der Waals surface area contributed by atoms with E-state index in [0.29, 0.717) is 12.3 Å². The first-order valence-corrected chi connectivity index (χ1v) is 2.28. The Morgan fingerprint density at radius 1 is 1.50 bits per heavy atom. The fourth-order valence-electron chi connectivity index (χ4n) is 0.115. The lowest BCUT2D eigenvalue weighted by Gasteiger charge is -2.03. The fraction of sp³-hybridized carbons (Fsp3) is 1.00. The maximum Gasteiger partial charge on any atom is 0.0371 e. The van der Waals surface area contributed by atoms with Crippen molar-refractivity contribution in [2.45, 2.75) is 0 Å². The van der Waals surface area contributed by atoms with E-state index in [2.05, 4.69) is 12.6 Å². The van der Waals surface area contributed by atoms with Gasteiger partial charge in [-0.25, -0.2) is 0 Å². The highest BCUT2D eigenvalue weighted by atomic mass is 32.1. The van der Waals surface area contributed by atoms with E-state index in [1.54, 1.807) is 0 Å². The predicted molar refractivity (Wildman–Crippen MR) is 28.9 cm³/mol. The van der Waals surface area contributed by atoms with Gasteiger partial charge in [0, 0.05) is 12.3 Å². The number of rotatable bonds is 2. The van der Waals surface area contributed by atoms with Crippen LogP contribution in [0.4, 0.5) is 0 Å². The summed E-state index contributed by atoms with van der Waals surface area (Å²) in [5, 5.41) is 1.10. The number of hydrogen-bond acceptors (Lipinski definition) is 4. The molecule has 0 spiro atoms. The van der Waals surface area contributed by atoms with Gasteiger partial charge in [0.2, 0.25) is 0 Å². The van der Waals surface area contributed by atoms with Crippen LogP contribution in [0.2, 0.25) is 0 Å². The Bertz CT molecular complexity index is 30.0. The SMILES string of the molecule is NN(N)CCS. The highest BCUT2D eigenvalue weighted by Gasteiger charge is 1.80. The number of hydrogen-bond donors (Lipinski definition) is 3. The van der Waals surface area contributed by atoms with E-state index in [0.717, 1.165) is 5.12 Å². The highest BCUT2D eigenvalue weighted by molar-refractivity contribution is 7.80. The summed E-state index contributed by atoms with van der Waals surface area (Å²) in [4.78, 5) is 0. The molecule has 0 rings (SSSR count). The molecular weight excluding hydrogens is 98.1 g/mol. The number of nitrogens with two attached hydrogens (primary N) is 2. The maximum atomic E-state index is 4.97. The van der Waals surface area contributed by atoms with Gasteiger partial charge in [-0.2, -0.15) is 17.7 Å². The summed E-state index contributed by atoms with van der Waals surface area (Å²) >= 11 is 3.86. The van der Waals surface area contributed by atoms with Crippen molar-refractivity contribution in [2.75, 3.05) is 12.3 Å². The molecule has 0 saturated carbocycles. The zero-order valence-corrected chi connectivity index (χ0v) is 4.36. The molecule has 0 unspecified atom stereocenters. The van der Waals surface area contributed by atoms with E-state index in [1.165, 1.54) is 0 Å². The van der Waals surface area contributed by atoms with E-state index in [-0.39, 0.29) is 0 Å². The normalized spacial score (nSPS) is 10.0. The molecule has 0 saturated heterocycles. The fourth-order valence-corrected chi connectivity index (χ4v) is 0.346. The van der Waals surface area contributed by atoms with Gasteiger partial charge in [-0.1, -0.05) is 0 Å². The molecule has 38 valence electrons. The van der Waals surface area contributed by atoms with Crippen LogP contribution >= 0.6 is 12.6 Å². The van der Waals surface area contributed by atoms with Crippen molar-refractivity contribution >= 4 is 12.6 Å². The van der Waals surface area contributed by atoms with Crippen LogP contribution in [-0.2, 0) is 0 Å². The predicted octanol–water partition coefficient (Wildman–Crippen LogP) is -1.03. The second kappa shape index (κ2) is 3.42. The van der Waals surface area contributed by atoms with Crippen molar-refractivity contribution in [3.8, 4) is 0 Å². The molecule has 6 heavy (non-hydrogen) atoms. The minimum absolute atomic E-state index is 0.628. The molecule has 0 radical (unpaired) electrons. The Hall–Kier alpha value is 0.230. The quantitative estimate of drug-likeness (QED) is 0.240. The second-order valence-corrected chi connectivity index (χ2v) is 1.41. The highest BCUT2D eigenvalue weighted by Crippen LogP contribution is 1.68. The molecule has 0 fully saturated rings. The van der Waals surface area contributed by atoms with Crippen LogP contribution in [0, 0.1) is 0 Å². The third-order valence-corrected chi connectivity index (χ3v) is 0.558. The van der Waals surface area contributed by atoms with Crippen LogP contribution in [0.3, 0.4) is 0 Å².